The van der Waals surface area contributed by atoms with Gasteiger partial charge in [-0.05, 0) is 55.9 Å². The summed E-state index contributed by atoms with van der Waals surface area (Å²) in [5.41, 5.74) is 4.42. The number of nitrogens with zero attached hydrogens (tertiary/aromatic N) is 3. The third-order valence-corrected chi connectivity index (χ3v) is 8.03. The van der Waals surface area contributed by atoms with E-state index in [0.717, 1.165) is 59.5 Å². The van der Waals surface area contributed by atoms with E-state index in [0.29, 0.717) is 29.5 Å². The first-order valence-electron chi connectivity index (χ1n) is 13.3. The summed E-state index contributed by atoms with van der Waals surface area (Å²) in [6, 6.07) is 15.5. The molecular weight excluding hydrogens is 492 g/mol. The zero-order valence-electron chi connectivity index (χ0n) is 22.2. The molecule has 0 radical (unpaired) electrons. The van der Waals surface area contributed by atoms with Crippen molar-refractivity contribution in [2.75, 3.05) is 20.8 Å². The average molecular weight is 526 g/mol. The average Bonchev–Trinajstić information content (AvgIpc) is 3.54. The first-order chi connectivity index (χ1) is 19.0. The first kappa shape index (κ1) is 25.1. The van der Waals surface area contributed by atoms with Crippen molar-refractivity contribution in [2.45, 2.75) is 25.7 Å². The van der Waals surface area contributed by atoms with Gasteiger partial charge in [0.1, 0.15) is 29.1 Å². The second-order valence-corrected chi connectivity index (χ2v) is 10.3. The Labute approximate surface area is 227 Å². The molecule has 1 aromatic heterocycles. The number of aliphatic imine (C=N–C) groups is 2. The molecule has 9 nitrogen and oxygen atoms in total. The molecule has 1 saturated carbocycles. The van der Waals surface area contributed by atoms with Gasteiger partial charge in [-0.25, -0.2) is 0 Å². The predicted molar refractivity (Wildman–Crippen MR) is 151 cm³/mol. The largest absolute Gasteiger partial charge is 0.497 e. The number of allylic oxidation sites excluding steroid dienone is 2. The van der Waals surface area contributed by atoms with Gasteiger partial charge in [0.25, 0.3) is 11.7 Å². The van der Waals surface area contributed by atoms with Gasteiger partial charge in [-0.15, -0.1) is 4.59 Å². The van der Waals surface area contributed by atoms with Crippen molar-refractivity contribution >= 4 is 28.9 Å². The Balaban J connectivity index is 1.14. The van der Waals surface area contributed by atoms with Crippen molar-refractivity contribution in [1.29, 1.82) is 0 Å². The number of nitrogens with two attached hydrogens (primary N) is 1. The van der Waals surface area contributed by atoms with Gasteiger partial charge >= 0.3 is 0 Å². The molecule has 39 heavy (non-hydrogen) atoms. The number of aromatic nitrogens is 1. The van der Waals surface area contributed by atoms with Gasteiger partial charge in [-0.3, -0.25) is 9.79 Å². The van der Waals surface area contributed by atoms with E-state index in [2.05, 4.69) is 33.5 Å². The molecule has 0 saturated heterocycles. The number of fused-ring (bicyclic) bond motifs is 2. The third kappa shape index (κ3) is 4.53. The number of hydrogen-bond acceptors (Lipinski definition) is 6. The van der Waals surface area contributed by atoms with E-state index < -0.39 is 0 Å². The first-order valence-corrected chi connectivity index (χ1v) is 13.3. The number of hydrogen-bond donors (Lipinski definition) is 3. The highest BCUT2D eigenvalue weighted by Gasteiger charge is 2.46. The van der Waals surface area contributed by atoms with Crippen LogP contribution in [0, 0.1) is 11.8 Å². The minimum atomic E-state index is -0.139. The van der Waals surface area contributed by atoms with Gasteiger partial charge in [0.05, 0.1) is 32.2 Å². The number of carbonyl (C=O) groups excluding carboxylic acids is 1. The molecule has 6 rings (SSSR count). The molecule has 1 atom stereocenters. The van der Waals surface area contributed by atoms with Crippen molar-refractivity contribution in [3.63, 3.8) is 0 Å². The highest BCUT2D eigenvalue weighted by Crippen LogP contribution is 2.41. The van der Waals surface area contributed by atoms with Crippen molar-refractivity contribution < 1.29 is 18.9 Å². The van der Waals surface area contributed by atoms with E-state index in [1.165, 1.54) is 0 Å². The normalized spacial score (nSPS) is 24.0. The number of methoxy groups -OCH3 is 2. The van der Waals surface area contributed by atoms with Crippen LogP contribution in [0.25, 0.3) is 10.9 Å². The van der Waals surface area contributed by atoms with Crippen molar-refractivity contribution in [3.8, 4) is 11.5 Å². The summed E-state index contributed by atoms with van der Waals surface area (Å²) in [6.45, 7) is 0.622. The van der Waals surface area contributed by atoms with Gasteiger partial charge in [0.15, 0.2) is 0 Å². The number of nitrogens with one attached hydrogen (secondary N) is 2. The minimum absolute atomic E-state index is 0.0192. The number of aromatic amines is 1. The summed E-state index contributed by atoms with van der Waals surface area (Å²) in [4.78, 5) is 25.9. The molecule has 1 fully saturated rings. The number of ether oxygens (including phenoxy) is 2. The van der Waals surface area contributed by atoms with Crippen LogP contribution < -0.4 is 20.6 Å². The Bertz CT molecular complexity index is 1510. The number of amides is 1. The van der Waals surface area contributed by atoms with Gasteiger partial charge in [0, 0.05) is 29.4 Å². The standard InChI is InChI=1S/C30H32N6O3/c1-38-22-11-12-23(27(16-22)39-2)30(37)33-17-19-7-9-20(10-8-19)28-26-18-32-13-14-36(26,31)29(35-28)25-15-21-5-3-4-6-24(21)34-25/h3-6,11-16,18-20H,7-10,17,31H2,1-2H3,(H-,32,33,34,35,37)/p+1. The van der Waals surface area contributed by atoms with Gasteiger partial charge in [0.2, 0.25) is 5.70 Å². The van der Waals surface area contributed by atoms with Crippen LogP contribution in [0.4, 0.5) is 0 Å². The van der Waals surface area contributed by atoms with E-state index in [1.807, 2.05) is 24.5 Å². The maximum absolute atomic E-state index is 12.9. The highest BCUT2D eigenvalue weighted by molar-refractivity contribution is 6.02. The maximum Gasteiger partial charge on any atom is 0.281 e. The Morgan fingerprint density at radius 1 is 1.10 bits per heavy atom. The fourth-order valence-electron chi connectivity index (χ4n) is 5.84. The van der Waals surface area contributed by atoms with Gasteiger partial charge in [-0.1, -0.05) is 18.2 Å². The zero-order valence-corrected chi connectivity index (χ0v) is 22.2. The number of rotatable bonds is 7. The number of benzene rings is 2. The molecule has 0 spiro atoms. The summed E-state index contributed by atoms with van der Waals surface area (Å²) in [5.74, 6) is 9.43. The summed E-state index contributed by atoms with van der Waals surface area (Å²) >= 11 is 0. The number of H-pyrrole nitrogens is 1. The molecule has 1 aliphatic carbocycles. The van der Waals surface area contributed by atoms with Crippen LogP contribution in [-0.2, 0) is 0 Å². The SMILES string of the molecule is COc1ccc(C(=O)NCC2CCC(C3=C4C=NC=C[N+]4(N)C(c4cc5ccccc5[nH]4)=N3)CC2)c(OC)c1. The zero-order chi connectivity index (χ0) is 27.0. The molecule has 3 aliphatic rings. The molecule has 9 heteroatoms. The monoisotopic (exact) mass is 525 g/mol. The third-order valence-electron chi connectivity index (χ3n) is 8.03. The van der Waals surface area contributed by atoms with Crippen LogP contribution in [0.1, 0.15) is 41.7 Å². The molecule has 0 bridgehead atoms. The Morgan fingerprint density at radius 2 is 1.92 bits per heavy atom. The topological polar surface area (TPSA) is 114 Å². The van der Waals surface area contributed by atoms with E-state index >= 15 is 0 Å². The van der Waals surface area contributed by atoms with Gasteiger partial charge in [-0.2, -0.15) is 10.8 Å². The lowest BCUT2D eigenvalue weighted by Crippen LogP contribution is -2.53. The second-order valence-electron chi connectivity index (χ2n) is 10.3. The summed E-state index contributed by atoms with van der Waals surface area (Å²) in [5, 5.41) is 4.23. The lowest BCUT2D eigenvalue weighted by molar-refractivity contribution is -0.750. The molecule has 2 aliphatic heterocycles. The van der Waals surface area contributed by atoms with E-state index in [4.69, 9.17) is 20.3 Å². The molecule has 200 valence electrons. The van der Waals surface area contributed by atoms with Crippen LogP contribution in [0.2, 0.25) is 0 Å². The van der Waals surface area contributed by atoms with E-state index in [-0.39, 0.29) is 16.4 Å². The Morgan fingerprint density at radius 3 is 2.69 bits per heavy atom. The second kappa shape index (κ2) is 10.2. The Kier molecular flexibility index (Phi) is 6.54. The van der Waals surface area contributed by atoms with Crippen LogP contribution in [0.3, 0.4) is 0 Å². The minimum Gasteiger partial charge on any atom is -0.497 e. The Hall–Kier alpha value is -4.21. The van der Waals surface area contributed by atoms with Crippen molar-refractivity contribution in [3.05, 3.63) is 83.6 Å². The number of carbonyl (C=O) groups is 1. The molecular formula is C30H33N6O3+. The number of quaternary nitrogens is 1. The summed E-state index contributed by atoms with van der Waals surface area (Å²) in [6.07, 6.45) is 9.43. The lowest BCUT2D eigenvalue weighted by atomic mass is 9.80. The molecule has 2 aromatic carbocycles. The highest BCUT2D eigenvalue weighted by atomic mass is 16.5. The quantitative estimate of drug-likeness (QED) is 0.308. The lowest BCUT2D eigenvalue weighted by Gasteiger charge is -2.29. The molecule has 3 heterocycles. The molecule has 4 N–H and O–H groups in total. The fraction of sp³-hybridized carbons (Fsp3) is 0.300. The van der Waals surface area contributed by atoms with Gasteiger partial charge < -0.3 is 19.8 Å². The van der Waals surface area contributed by atoms with E-state index in [1.54, 1.807) is 38.6 Å². The molecule has 1 amide bonds. The summed E-state index contributed by atoms with van der Waals surface area (Å²) < 4.78 is 10.6. The predicted octanol–water partition coefficient (Wildman–Crippen LogP) is 4.64. The van der Waals surface area contributed by atoms with Crippen molar-refractivity contribution in [2.24, 2.45) is 27.7 Å². The fourth-order valence-corrected chi connectivity index (χ4v) is 5.84. The molecule has 1 unspecified atom stereocenters. The van der Waals surface area contributed by atoms with Crippen LogP contribution in [0.15, 0.2) is 82.3 Å². The van der Waals surface area contributed by atoms with E-state index in [9.17, 15) is 4.79 Å². The number of amidine groups is 1. The summed E-state index contributed by atoms with van der Waals surface area (Å²) in [7, 11) is 3.14. The maximum atomic E-state index is 12.9. The smallest absolute Gasteiger partial charge is 0.281 e. The number of para-hydroxylation sites is 1. The van der Waals surface area contributed by atoms with Crippen molar-refractivity contribution in [1.82, 2.24) is 10.3 Å². The van der Waals surface area contributed by atoms with Crippen LogP contribution in [-0.4, -0.2) is 48.3 Å². The van der Waals surface area contributed by atoms with Crippen LogP contribution in [0.5, 0.6) is 11.5 Å². The van der Waals surface area contributed by atoms with Crippen LogP contribution >= 0.6 is 0 Å². The molecule has 3 aromatic rings.